The van der Waals surface area contributed by atoms with Crippen LogP contribution < -0.4 is 10.6 Å². The average molecular weight is 284 g/mol. The third kappa shape index (κ3) is 3.31. The van der Waals surface area contributed by atoms with Crippen LogP contribution in [-0.4, -0.2) is 24.1 Å². The minimum Gasteiger partial charge on any atom is -0.380 e. The number of nitrogens with one attached hydrogen (secondary N) is 2. The van der Waals surface area contributed by atoms with E-state index in [2.05, 4.69) is 20.6 Å². The molecular weight excluding hydrogens is 264 g/mol. The van der Waals surface area contributed by atoms with Crippen molar-refractivity contribution < 1.29 is 4.74 Å². The van der Waals surface area contributed by atoms with Gasteiger partial charge in [0.25, 0.3) is 0 Å². The summed E-state index contributed by atoms with van der Waals surface area (Å²) in [4.78, 5) is 9.16. The highest BCUT2D eigenvalue weighted by Crippen LogP contribution is 2.39. The molecule has 0 radical (unpaired) electrons. The molecule has 0 aliphatic heterocycles. The van der Waals surface area contributed by atoms with Crippen molar-refractivity contribution >= 4 is 17.3 Å². The molecule has 0 unspecified atom stereocenters. The summed E-state index contributed by atoms with van der Waals surface area (Å²) in [5.41, 5.74) is 2.12. The highest BCUT2D eigenvalue weighted by molar-refractivity contribution is 5.62. The van der Waals surface area contributed by atoms with E-state index < -0.39 is 0 Å². The van der Waals surface area contributed by atoms with Gasteiger partial charge in [-0.15, -0.1) is 0 Å². The molecule has 0 amide bonds. The van der Waals surface area contributed by atoms with E-state index in [4.69, 9.17) is 4.74 Å². The Kier molecular flexibility index (Phi) is 4.01. The van der Waals surface area contributed by atoms with Crippen molar-refractivity contribution in [3.05, 3.63) is 41.7 Å². The Balaban J connectivity index is 1.88. The summed E-state index contributed by atoms with van der Waals surface area (Å²) in [6.07, 6.45) is 2.37. The van der Waals surface area contributed by atoms with Crippen molar-refractivity contribution in [2.45, 2.75) is 25.4 Å². The molecule has 2 N–H and O–H groups in total. The number of hydrogen-bond donors (Lipinski definition) is 2. The molecule has 1 aliphatic carbocycles. The van der Waals surface area contributed by atoms with Crippen LogP contribution in [0, 0.1) is 0 Å². The van der Waals surface area contributed by atoms with Crippen molar-refractivity contribution in [3.63, 3.8) is 0 Å². The Hall–Kier alpha value is -2.14. The zero-order valence-electron chi connectivity index (χ0n) is 12.4. The van der Waals surface area contributed by atoms with E-state index in [1.807, 2.05) is 37.4 Å². The fourth-order valence-corrected chi connectivity index (χ4v) is 2.24. The molecule has 5 heteroatoms. The van der Waals surface area contributed by atoms with Gasteiger partial charge in [-0.2, -0.15) is 0 Å². The number of ether oxygens (including phenoxy) is 1. The number of rotatable bonds is 6. The summed E-state index contributed by atoms with van der Waals surface area (Å²) in [5, 5.41) is 6.48. The molecule has 110 valence electrons. The molecule has 1 aromatic heterocycles. The second-order valence-corrected chi connectivity index (χ2v) is 5.24. The molecule has 1 aliphatic rings. The van der Waals surface area contributed by atoms with Crippen LogP contribution >= 0.6 is 0 Å². The fourth-order valence-electron chi connectivity index (χ4n) is 2.24. The van der Waals surface area contributed by atoms with Gasteiger partial charge in [0.05, 0.1) is 6.61 Å². The number of methoxy groups -OCH3 is 1. The van der Waals surface area contributed by atoms with Crippen molar-refractivity contribution in [1.82, 2.24) is 9.97 Å². The van der Waals surface area contributed by atoms with Crippen LogP contribution in [-0.2, 0) is 11.3 Å². The molecule has 0 spiro atoms. The highest BCUT2D eigenvalue weighted by Gasteiger charge is 2.27. The first-order valence-electron chi connectivity index (χ1n) is 7.20. The van der Waals surface area contributed by atoms with E-state index in [0.29, 0.717) is 12.5 Å². The minimum atomic E-state index is 0.521. The maximum absolute atomic E-state index is 5.24. The second-order valence-electron chi connectivity index (χ2n) is 5.24. The van der Waals surface area contributed by atoms with Crippen molar-refractivity contribution in [1.29, 1.82) is 0 Å². The third-order valence-electron chi connectivity index (χ3n) is 3.52. The largest absolute Gasteiger partial charge is 0.380 e. The first-order valence-corrected chi connectivity index (χ1v) is 7.20. The summed E-state index contributed by atoms with van der Waals surface area (Å²) in [5.74, 6) is 3.11. The summed E-state index contributed by atoms with van der Waals surface area (Å²) in [6, 6.07) is 10.0. The molecule has 1 heterocycles. The zero-order valence-corrected chi connectivity index (χ0v) is 12.4. The van der Waals surface area contributed by atoms with E-state index >= 15 is 0 Å². The number of hydrogen-bond acceptors (Lipinski definition) is 5. The summed E-state index contributed by atoms with van der Waals surface area (Å²) < 4.78 is 5.24. The van der Waals surface area contributed by atoms with E-state index in [0.717, 1.165) is 28.7 Å². The Morgan fingerprint density at radius 2 is 1.95 bits per heavy atom. The van der Waals surface area contributed by atoms with Gasteiger partial charge in [0.1, 0.15) is 17.5 Å². The van der Waals surface area contributed by atoms with Crippen molar-refractivity contribution in [3.8, 4) is 0 Å². The topological polar surface area (TPSA) is 59.1 Å². The monoisotopic (exact) mass is 284 g/mol. The van der Waals surface area contributed by atoms with E-state index in [1.165, 1.54) is 12.8 Å². The van der Waals surface area contributed by atoms with Gasteiger partial charge in [0, 0.05) is 37.4 Å². The lowest BCUT2D eigenvalue weighted by Crippen LogP contribution is -2.04. The lowest BCUT2D eigenvalue weighted by molar-refractivity contribution is 0.185. The highest BCUT2D eigenvalue weighted by atomic mass is 16.5. The molecule has 0 saturated heterocycles. The molecule has 3 rings (SSSR count). The molecule has 1 fully saturated rings. The van der Waals surface area contributed by atoms with Gasteiger partial charge in [0.2, 0.25) is 0 Å². The SMILES string of the molecule is CNc1cc(Nc2ccccc2COC)nc(C2CC2)n1. The van der Waals surface area contributed by atoms with Crippen LogP contribution in [0.4, 0.5) is 17.3 Å². The molecule has 21 heavy (non-hydrogen) atoms. The van der Waals surface area contributed by atoms with E-state index in [9.17, 15) is 0 Å². The maximum atomic E-state index is 5.24. The van der Waals surface area contributed by atoms with Crippen LogP contribution in [0.3, 0.4) is 0 Å². The van der Waals surface area contributed by atoms with Gasteiger partial charge in [-0.1, -0.05) is 18.2 Å². The normalized spacial score (nSPS) is 14.0. The van der Waals surface area contributed by atoms with Crippen LogP contribution in [0.25, 0.3) is 0 Å². The Morgan fingerprint density at radius 3 is 2.67 bits per heavy atom. The second kappa shape index (κ2) is 6.10. The third-order valence-corrected chi connectivity index (χ3v) is 3.52. The lowest BCUT2D eigenvalue weighted by Gasteiger charge is -2.12. The van der Waals surface area contributed by atoms with Gasteiger partial charge < -0.3 is 15.4 Å². The number of anilines is 3. The number of para-hydroxylation sites is 1. The van der Waals surface area contributed by atoms with Crippen molar-refractivity contribution in [2.24, 2.45) is 0 Å². The summed E-state index contributed by atoms with van der Waals surface area (Å²) in [6.45, 7) is 0.572. The molecule has 0 bridgehead atoms. The van der Waals surface area contributed by atoms with Gasteiger partial charge in [-0.3, -0.25) is 0 Å². The zero-order chi connectivity index (χ0) is 14.7. The fraction of sp³-hybridized carbons (Fsp3) is 0.375. The maximum Gasteiger partial charge on any atom is 0.136 e. The van der Waals surface area contributed by atoms with Gasteiger partial charge in [-0.25, -0.2) is 9.97 Å². The first-order chi connectivity index (χ1) is 10.3. The van der Waals surface area contributed by atoms with Crippen LogP contribution in [0.1, 0.15) is 30.1 Å². The number of benzene rings is 1. The van der Waals surface area contributed by atoms with E-state index in [1.54, 1.807) is 7.11 Å². The van der Waals surface area contributed by atoms with Gasteiger partial charge in [0.15, 0.2) is 0 Å². The van der Waals surface area contributed by atoms with E-state index in [-0.39, 0.29) is 0 Å². The van der Waals surface area contributed by atoms with Gasteiger partial charge >= 0.3 is 0 Å². The Morgan fingerprint density at radius 1 is 1.19 bits per heavy atom. The smallest absolute Gasteiger partial charge is 0.136 e. The predicted octanol–water partition coefficient (Wildman–Crippen LogP) is 3.29. The molecule has 5 nitrogen and oxygen atoms in total. The van der Waals surface area contributed by atoms with Crippen LogP contribution in [0.5, 0.6) is 0 Å². The lowest BCUT2D eigenvalue weighted by atomic mass is 10.2. The Labute approximate surface area is 124 Å². The standard InChI is InChI=1S/C16H20N4O/c1-17-14-9-15(20-16(19-14)11-7-8-11)18-13-6-4-3-5-12(13)10-21-2/h3-6,9,11H,7-8,10H2,1-2H3,(H2,17,18,19,20). The summed E-state index contributed by atoms with van der Waals surface area (Å²) in [7, 11) is 3.58. The quantitative estimate of drug-likeness (QED) is 0.852. The van der Waals surface area contributed by atoms with Crippen LogP contribution in [0.2, 0.25) is 0 Å². The van der Waals surface area contributed by atoms with Crippen molar-refractivity contribution in [2.75, 3.05) is 24.8 Å². The van der Waals surface area contributed by atoms with Crippen LogP contribution in [0.15, 0.2) is 30.3 Å². The molecule has 0 atom stereocenters. The molecular formula is C16H20N4O. The summed E-state index contributed by atoms with van der Waals surface area (Å²) >= 11 is 0. The molecule has 1 aromatic carbocycles. The minimum absolute atomic E-state index is 0.521. The molecule has 2 aromatic rings. The number of nitrogens with zero attached hydrogens (tertiary/aromatic N) is 2. The van der Waals surface area contributed by atoms with Gasteiger partial charge in [-0.05, 0) is 18.9 Å². The average Bonchev–Trinajstić information content (AvgIpc) is 3.34. The number of aromatic nitrogens is 2. The Bertz CT molecular complexity index is 625. The predicted molar refractivity (Wildman–Crippen MR) is 84.0 cm³/mol. The molecule has 1 saturated carbocycles. The first kappa shape index (κ1) is 13.8.